The number of rotatable bonds is 4. The molecule has 1 heterocycles. The van der Waals surface area contributed by atoms with Crippen LogP contribution in [0.1, 0.15) is 18.5 Å². The van der Waals surface area contributed by atoms with Gasteiger partial charge in [-0.2, -0.15) is 4.98 Å². The summed E-state index contributed by atoms with van der Waals surface area (Å²) in [5.41, 5.74) is 5.77. The van der Waals surface area contributed by atoms with Gasteiger partial charge in [-0.25, -0.2) is 9.37 Å². The SMILES string of the molecule is CC(Nc1nc(N)ncc1[N+](=O)[O-])c1cccc(F)c1. The molecule has 1 unspecified atom stereocenters. The summed E-state index contributed by atoms with van der Waals surface area (Å²) in [6, 6.07) is 5.55. The van der Waals surface area contributed by atoms with Gasteiger partial charge >= 0.3 is 5.69 Å². The number of nitrogens with zero attached hydrogens (tertiary/aromatic N) is 3. The molecule has 0 bridgehead atoms. The fraction of sp³-hybridized carbons (Fsp3) is 0.167. The zero-order valence-electron chi connectivity index (χ0n) is 10.6. The summed E-state index contributed by atoms with van der Waals surface area (Å²) in [6.07, 6.45) is 1.03. The number of halogens is 1. The third-order valence-corrected chi connectivity index (χ3v) is 2.69. The first kappa shape index (κ1) is 13.7. The molecular weight excluding hydrogens is 265 g/mol. The Bertz CT molecular complexity index is 649. The minimum Gasteiger partial charge on any atom is -0.368 e. The number of nitrogens with one attached hydrogen (secondary N) is 1. The van der Waals surface area contributed by atoms with Crippen molar-refractivity contribution in [1.82, 2.24) is 9.97 Å². The highest BCUT2D eigenvalue weighted by atomic mass is 19.1. The van der Waals surface area contributed by atoms with Gasteiger partial charge in [0.1, 0.15) is 12.0 Å². The summed E-state index contributed by atoms with van der Waals surface area (Å²) in [7, 11) is 0. The Morgan fingerprint density at radius 1 is 1.50 bits per heavy atom. The molecule has 1 atom stereocenters. The normalized spacial score (nSPS) is 11.9. The largest absolute Gasteiger partial charge is 0.368 e. The molecule has 0 radical (unpaired) electrons. The van der Waals surface area contributed by atoms with Gasteiger partial charge in [-0.15, -0.1) is 0 Å². The van der Waals surface area contributed by atoms with Crippen LogP contribution in [0.15, 0.2) is 30.5 Å². The lowest BCUT2D eigenvalue weighted by atomic mass is 10.1. The average molecular weight is 277 g/mol. The third-order valence-electron chi connectivity index (χ3n) is 2.69. The van der Waals surface area contributed by atoms with Gasteiger partial charge in [0.05, 0.1) is 11.0 Å². The highest BCUT2D eigenvalue weighted by Crippen LogP contribution is 2.26. The van der Waals surface area contributed by atoms with E-state index in [0.717, 1.165) is 6.20 Å². The van der Waals surface area contributed by atoms with Gasteiger partial charge in [0.2, 0.25) is 11.8 Å². The number of hydrogen-bond acceptors (Lipinski definition) is 6. The van der Waals surface area contributed by atoms with Crippen molar-refractivity contribution in [2.24, 2.45) is 0 Å². The van der Waals surface area contributed by atoms with Crippen LogP contribution in [-0.2, 0) is 0 Å². The summed E-state index contributed by atoms with van der Waals surface area (Å²) >= 11 is 0. The van der Waals surface area contributed by atoms with Crippen molar-refractivity contribution in [3.8, 4) is 0 Å². The first-order chi connectivity index (χ1) is 9.47. The second-order valence-corrected chi connectivity index (χ2v) is 4.14. The maximum absolute atomic E-state index is 13.2. The molecule has 20 heavy (non-hydrogen) atoms. The van der Waals surface area contributed by atoms with E-state index >= 15 is 0 Å². The highest BCUT2D eigenvalue weighted by Gasteiger charge is 2.19. The van der Waals surface area contributed by atoms with E-state index in [1.807, 2.05) is 0 Å². The van der Waals surface area contributed by atoms with Crippen LogP contribution in [0.3, 0.4) is 0 Å². The van der Waals surface area contributed by atoms with Gasteiger partial charge in [-0.3, -0.25) is 10.1 Å². The van der Waals surface area contributed by atoms with E-state index in [0.29, 0.717) is 5.56 Å². The predicted octanol–water partition coefficient (Wildman–Crippen LogP) is 2.28. The van der Waals surface area contributed by atoms with Crippen LogP contribution in [0.5, 0.6) is 0 Å². The van der Waals surface area contributed by atoms with Crippen molar-refractivity contribution in [3.63, 3.8) is 0 Å². The summed E-state index contributed by atoms with van der Waals surface area (Å²) in [4.78, 5) is 17.7. The van der Waals surface area contributed by atoms with Crippen LogP contribution in [-0.4, -0.2) is 14.9 Å². The summed E-state index contributed by atoms with van der Waals surface area (Å²) in [6.45, 7) is 1.73. The molecule has 0 saturated heterocycles. The fourth-order valence-electron chi connectivity index (χ4n) is 1.69. The van der Waals surface area contributed by atoms with Crippen LogP contribution in [0.2, 0.25) is 0 Å². The first-order valence-electron chi connectivity index (χ1n) is 5.76. The number of benzene rings is 1. The van der Waals surface area contributed by atoms with Gasteiger partial charge in [-0.1, -0.05) is 12.1 Å². The Hall–Kier alpha value is -2.77. The van der Waals surface area contributed by atoms with E-state index in [4.69, 9.17) is 5.73 Å². The molecule has 0 saturated carbocycles. The minimum atomic E-state index is -0.611. The Labute approximate surface area is 113 Å². The number of nitrogens with two attached hydrogens (primary N) is 1. The number of anilines is 2. The molecule has 0 amide bonds. The molecule has 7 nitrogen and oxygen atoms in total. The minimum absolute atomic E-state index is 0.000684. The first-order valence-corrected chi connectivity index (χ1v) is 5.76. The molecule has 104 valence electrons. The Kier molecular flexibility index (Phi) is 3.74. The van der Waals surface area contributed by atoms with Crippen molar-refractivity contribution in [2.45, 2.75) is 13.0 Å². The molecule has 3 N–H and O–H groups in total. The van der Waals surface area contributed by atoms with E-state index in [1.54, 1.807) is 19.1 Å². The average Bonchev–Trinajstić information content (AvgIpc) is 2.38. The van der Waals surface area contributed by atoms with Crippen molar-refractivity contribution in [3.05, 3.63) is 52.0 Å². The number of aromatic nitrogens is 2. The zero-order valence-corrected chi connectivity index (χ0v) is 10.6. The number of nitro groups is 1. The van der Waals surface area contributed by atoms with Crippen molar-refractivity contribution in [2.75, 3.05) is 11.1 Å². The number of hydrogen-bond donors (Lipinski definition) is 2. The molecule has 1 aromatic carbocycles. The van der Waals surface area contributed by atoms with E-state index in [9.17, 15) is 14.5 Å². The van der Waals surface area contributed by atoms with E-state index < -0.39 is 4.92 Å². The highest BCUT2D eigenvalue weighted by molar-refractivity contribution is 5.57. The van der Waals surface area contributed by atoms with Gasteiger partial charge in [-0.05, 0) is 24.6 Å². The van der Waals surface area contributed by atoms with Crippen LogP contribution >= 0.6 is 0 Å². The van der Waals surface area contributed by atoms with Crippen molar-refractivity contribution < 1.29 is 9.31 Å². The summed E-state index contributed by atoms with van der Waals surface area (Å²) in [5.74, 6) is -0.461. The van der Waals surface area contributed by atoms with E-state index in [-0.39, 0.29) is 29.3 Å². The monoisotopic (exact) mass is 277 g/mol. The topological polar surface area (TPSA) is 107 Å². The molecule has 2 aromatic rings. The molecule has 0 aliphatic rings. The fourth-order valence-corrected chi connectivity index (χ4v) is 1.69. The molecular formula is C12H12FN5O2. The molecule has 0 aliphatic heterocycles. The van der Waals surface area contributed by atoms with E-state index in [2.05, 4.69) is 15.3 Å². The van der Waals surface area contributed by atoms with Crippen LogP contribution < -0.4 is 11.1 Å². The third kappa shape index (κ3) is 2.97. The lowest BCUT2D eigenvalue weighted by molar-refractivity contribution is -0.384. The molecule has 1 aromatic heterocycles. The lowest BCUT2D eigenvalue weighted by Gasteiger charge is -2.15. The standard InChI is InChI=1S/C12H12FN5O2/c1-7(8-3-2-4-9(13)5-8)16-11-10(18(19)20)6-15-12(14)17-11/h2-7H,1H3,(H3,14,15,16,17). The van der Waals surface area contributed by atoms with Gasteiger partial charge in [0.25, 0.3) is 0 Å². The van der Waals surface area contributed by atoms with Crippen LogP contribution in [0.25, 0.3) is 0 Å². The molecule has 8 heteroatoms. The summed E-state index contributed by atoms with van der Waals surface area (Å²) < 4.78 is 13.2. The Balaban J connectivity index is 2.29. The van der Waals surface area contributed by atoms with Gasteiger partial charge in [0.15, 0.2) is 0 Å². The molecule has 2 rings (SSSR count). The van der Waals surface area contributed by atoms with E-state index in [1.165, 1.54) is 12.1 Å². The zero-order chi connectivity index (χ0) is 14.7. The van der Waals surface area contributed by atoms with Crippen LogP contribution in [0, 0.1) is 15.9 Å². The Morgan fingerprint density at radius 2 is 2.25 bits per heavy atom. The maximum Gasteiger partial charge on any atom is 0.329 e. The second kappa shape index (κ2) is 5.47. The molecule has 0 fully saturated rings. The lowest BCUT2D eigenvalue weighted by Crippen LogP contribution is -2.11. The molecule has 0 aliphatic carbocycles. The van der Waals surface area contributed by atoms with Gasteiger partial charge in [0, 0.05) is 0 Å². The number of nitrogen functional groups attached to an aromatic ring is 1. The Morgan fingerprint density at radius 3 is 2.90 bits per heavy atom. The summed E-state index contributed by atoms with van der Waals surface area (Å²) in [5, 5.41) is 13.7. The maximum atomic E-state index is 13.2. The molecule has 0 spiro atoms. The predicted molar refractivity (Wildman–Crippen MR) is 71.5 cm³/mol. The van der Waals surface area contributed by atoms with Gasteiger partial charge < -0.3 is 11.1 Å². The quantitative estimate of drug-likeness (QED) is 0.655. The van der Waals surface area contributed by atoms with Crippen molar-refractivity contribution in [1.29, 1.82) is 0 Å². The second-order valence-electron chi connectivity index (χ2n) is 4.14. The van der Waals surface area contributed by atoms with Crippen molar-refractivity contribution >= 4 is 17.5 Å². The van der Waals surface area contributed by atoms with Crippen LogP contribution in [0.4, 0.5) is 21.8 Å². The smallest absolute Gasteiger partial charge is 0.329 e.